The first-order valence-corrected chi connectivity index (χ1v) is 10.5. The Balaban J connectivity index is 1.66. The molecular formula is C25H26N6O. The van der Waals surface area contributed by atoms with Crippen LogP contribution in [0, 0.1) is 17.8 Å². The summed E-state index contributed by atoms with van der Waals surface area (Å²) in [5.41, 5.74) is 5.38. The van der Waals surface area contributed by atoms with Crippen molar-refractivity contribution in [2.45, 2.75) is 6.54 Å². The van der Waals surface area contributed by atoms with Crippen molar-refractivity contribution in [3.05, 3.63) is 65.5 Å². The number of aromatic nitrogens is 2. The molecular weight excluding hydrogens is 400 g/mol. The molecule has 4 rings (SSSR count). The lowest BCUT2D eigenvalue weighted by Gasteiger charge is -2.27. The fourth-order valence-corrected chi connectivity index (χ4v) is 3.72. The first kappa shape index (κ1) is 21.5. The average molecular weight is 427 g/mol. The number of nitrogens with one attached hydrogen (secondary N) is 3. The molecule has 1 aliphatic heterocycles. The van der Waals surface area contributed by atoms with E-state index in [0.29, 0.717) is 5.95 Å². The molecule has 2 heterocycles. The van der Waals surface area contributed by atoms with E-state index in [1.165, 1.54) is 6.21 Å². The Labute approximate surface area is 188 Å². The molecule has 0 amide bonds. The maximum absolute atomic E-state index is 7.82. The van der Waals surface area contributed by atoms with Crippen LogP contribution in [-0.2, 0) is 11.3 Å². The second-order valence-electron chi connectivity index (χ2n) is 7.58. The molecule has 7 heteroatoms. The zero-order valence-corrected chi connectivity index (χ0v) is 18.1. The van der Waals surface area contributed by atoms with Gasteiger partial charge in [-0.2, -0.15) is 0 Å². The third-order valence-corrected chi connectivity index (χ3v) is 5.29. The smallest absolute Gasteiger partial charge is 0.227 e. The molecule has 2 aromatic carbocycles. The zero-order valence-electron chi connectivity index (χ0n) is 18.1. The Morgan fingerprint density at radius 3 is 2.84 bits per heavy atom. The molecule has 0 unspecified atom stereocenters. The molecule has 162 valence electrons. The summed E-state index contributed by atoms with van der Waals surface area (Å²) in [4.78, 5) is 11.5. The van der Waals surface area contributed by atoms with E-state index in [0.717, 1.165) is 71.7 Å². The lowest BCUT2D eigenvalue weighted by Crippen LogP contribution is -2.35. The van der Waals surface area contributed by atoms with Gasteiger partial charge in [-0.3, -0.25) is 4.90 Å². The highest BCUT2D eigenvalue weighted by Gasteiger charge is 2.13. The summed E-state index contributed by atoms with van der Waals surface area (Å²) < 4.78 is 5.47. The molecule has 0 bridgehead atoms. The second-order valence-corrected chi connectivity index (χ2v) is 7.58. The molecule has 3 aromatic rings. The average Bonchev–Trinajstić information content (AvgIpc) is 2.82. The van der Waals surface area contributed by atoms with Gasteiger partial charge in [-0.15, -0.1) is 6.42 Å². The molecule has 0 radical (unpaired) electrons. The summed E-state index contributed by atoms with van der Waals surface area (Å²) in [6.07, 6.45) is 10.4. The number of morpholine rings is 1. The van der Waals surface area contributed by atoms with Gasteiger partial charge in [0.25, 0.3) is 0 Å². The van der Waals surface area contributed by atoms with Gasteiger partial charge in [0.1, 0.15) is 0 Å². The predicted molar refractivity (Wildman–Crippen MR) is 129 cm³/mol. The molecule has 1 saturated heterocycles. The molecule has 0 spiro atoms. The van der Waals surface area contributed by atoms with E-state index in [9.17, 15) is 0 Å². The van der Waals surface area contributed by atoms with Gasteiger partial charge in [-0.05, 0) is 47.5 Å². The number of terminal acetylenes is 1. The minimum atomic E-state index is 0.509. The Morgan fingerprint density at radius 1 is 1.25 bits per heavy atom. The van der Waals surface area contributed by atoms with Crippen molar-refractivity contribution in [1.29, 1.82) is 5.41 Å². The van der Waals surface area contributed by atoms with Crippen LogP contribution in [0.25, 0.3) is 16.5 Å². The van der Waals surface area contributed by atoms with Crippen LogP contribution in [0.1, 0.15) is 16.7 Å². The third kappa shape index (κ3) is 5.11. The van der Waals surface area contributed by atoms with Gasteiger partial charge in [0.2, 0.25) is 5.95 Å². The molecule has 0 aliphatic carbocycles. The number of fused-ring (bicyclic) bond motifs is 1. The van der Waals surface area contributed by atoms with Gasteiger partial charge in [0, 0.05) is 67.5 Å². The number of hydrogen-bond donors (Lipinski definition) is 3. The number of hydrogen-bond acceptors (Lipinski definition) is 7. The summed E-state index contributed by atoms with van der Waals surface area (Å²) in [5, 5.41) is 15.1. The molecule has 32 heavy (non-hydrogen) atoms. The Hall–Kier alpha value is -3.73. The lowest BCUT2D eigenvalue weighted by molar-refractivity contribution is 0.0342. The topological polar surface area (TPSA) is 86.2 Å². The van der Waals surface area contributed by atoms with Gasteiger partial charge in [0.05, 0.1) is 18.7 Å². The molecule has 0 saturated carbocycles. The maximum Gasteiger partial charge on any atom is 0.227 e. The van der Waals surface area contributed by atoms with Crippen LogP contribution in [0.4, 0.5) is 11.6 Å². The third-order valence-electron chi connectivity index (χ3n) is 5.29. The number of anilines is 2. The van der Waals surface area contributed by atoms with Crippen molar-refractivity contribution >= 4 is 34.3 Å². The summed E-state index contributed by atoms with van der Waals surface area (Å²) >= 11 is 0. The van der Waals surface area contributed by atoms with E-state index < -0.39 is 0 Å². The van der Waals surface area contributed by atoms with Gasteiger partial charge in [-0.1, -0.05) is 5.92 Å². The largest absolute Gasteiger partial charge is 0.393 e. The van der Waals surface area contributed by atoms with Gasteiger partial charge in [0.15, 0.2) is 0 Å². The van der Waals surface area contributed by atoms with E-state index in [-0.39, 0.29) is 0 Å². The fraction of sp³-hybridized carbons (Fsp3) is 0.240. The number of benzene rings is 2. The van der Waals surface area contributed by atoms with Gasteiger partial charge < -0.3 is 20.8 Å². The summed E-state index contributed by atoms with van der Waals surface area (Å²) in [6.45, 7) is 4.13. The van der Waals surface area contributed by atoms with E-state index in [4.69, 9.17) is 16.6 Å². The number of nitrogens with zero attached hydrogens (tertiary/aromatic N) is 3. The van der Waals surface area contributed by atoms with E-state index >= 15 is 0 Å². The number of allylic oxidation sites excluding steroid dienone is 1. The first-order chi connectivity index (χ1) is 15.7. The van der Waals surface area contributed by atoms with E-state index in [2.05, 4.69) is 43.6 Å². The highest BCUT2D eigenvalue weighted by molar-refractivity contribution is 6.08. The van der Waals surface area contributed by atoms with Gasteiger partial charge >= 0.3 is 0 Å². The SMILES string of the molecule is C#Cc1ccc2nc(Nc3cc(CN4CCOCC4)cc(/C(C=N)=C/NC)c3)ncc2c1. The van der Waals surface area contributed by atoms with Crippen LogP contribution in [0.2, 0.25) is 0 Å². The second kappa shape index (κ2) is 10.1. The zero-order chi connectivity index (χ0) is 22.3. The first-order valence-electron chi connectivity index (χ1n) is 10.5. The van der Waals surface area contributed by atoms with Crippen molar-refractivity contribution in [1.82, 2.24) is 20.2 Å². The minimum absolute atomic E-state index is 0.509. The number of ether oxygens (including phenoxy) is 1. The van der Waals surface area contributed by atoms with Crippen LogP contribution >= 0.6 is 0 Å². The summed E-state index contributed by atoms with van der Waals surface area (Å²) in [6, 6.07) is 11.9. The molecule has 1 aliphatic rings. The van der Waals surface area contributed by atoms with Crippen molar-refractivity contribution in [2.75, 3.05) is 38.7 Å². The lowest BCUT2D eigenvalue weighted by atomic mass is 10.0. The molecule has 1 aromatic heterocycles. The normalized spacial score (nSPS) is 14.7. The quantitative estimate of drug-likeness (QED) is 0.397. The highest BCUT2D eigenvalue weighted by atomic mass is 16.5. The van der Waals surface area contributed by atoms with Crippen molar-refractivity contribution < 1.29 is 4.74 Å². The highest BCUT2D eigenvalue weighted by Crippen LogP contribution is 2.24. The fourth-order valence-electron chi connectivity index (χ4n) is 3.72. The summed E-state index contributed by atoms with van der Waals surface area (Å²) in [5.74, 6) is 3.14. The van der Waals surface area contributed by atoms with Crippen LogP contribution < -0.4 is 10.6 Å². The molecule has 0 atom stereocenters. The van der Waals surface area contributed by atoms with Crippen LogP contribution in [0.3, 0.4) is 0 Å². The summed E-state index contributed by atoms with van der Waals surface area (Å²) in [7, 11) is 1.83. The monoisotopic (exact) mass is 426 g/mol. The van der Waals surface area contributed by atoms with Crippen LogP contribution in [0.5, 0.6) is 0 Å². The van der Waals surface area contributed by atoms with E-state index in [1.807, 2.05) is 37.5 Å². The molecule has 3 N–H and O–H groups in total. The van der Waals surface area contributed by atoms with Crippen molar-refractivity contribution in [3.63, 3.8) is 0 Å². The number of rotatable bonds is 7. The standard InChI is InChI=1S/C25H26N6O/c1-3-18-4-5-24-21(10-18)16-28-25(30-24)29-23-12-19(17-31-6-8-32-9-7-31)11-20(13-23)22(14-26)15-27-2/h1,4-5,10-16,26-27H,6-9,17H2,2H3,(H,28,29,30)/b22-15+,26-14?. The van der Waals surface area contributed by atoms with E-state index in [1.54, 1.807) is 6.20 Å². The van der Waals surface area contributed by atoms with Crippen LogP contribution in [-0.4, -0.2) is 54.4 Å². The molecule has 7 nitrogen and oxygen atoms in total. The van der Waals surface area contributed by atoms with Gasteiger partial charge in [-0.25, -0.2) is 9.97 Å². The van der Waals surface area contributed by atoms with Crippen molar-refractivity contribution in [3.8, 4) is 12.3 Å². The maximum atomic E-state index is 7.82. The molecule has 1 fully saturated rings. The Kier molecular flexibility index (Phi) is 6.75. The minimum Gasteiger partial charge on any atom is -0.393 e. The predicted octanol–water partition coefficient (Wildman–Crippen LogP) is 3.40. The Bertz CT molecular complexity index is 1190. The van der Waals surface area contributed by atoms with Crippen molar-refractivity contribution in [2.24, 2.45) is 0 Å². The Morgan fingerprint density at radius 2 is 2.09 bits per heavy atom. The van der Waals surface area contributed by atoms with Crippen LogP contribution in [0.15, 0.2) is 48.8 Å².